The van der Waals surface area contributed by atoms with Crippen molar-refractivity contribution >= 4 is 0 Å². The van der Waals surface area contributed by atoms with Crippen LogP contribution in [-0.4, -0.2) is 17.3 Å². The Labute approximate surface area is 110 Å². The van der Waals surface area contributed by atoms with Crippen LogP contribution in [0.15, 0.2) is 18.2 Å². The molecule has 1 unspecified atom stereocenters. The molecule has 1 atom stereocenters. The fraction of sp³-hybridized carbons (Fsp3) is 0.625. The van der Waals surface area contributed by atoms with E-state index in [2.05, 4.69) is 18.2 Å². The molecule has 0 aliphatic heterocycles. The number of hydrogen-bond donors (Lipinski definition) is 2. The minimum absolute atomic E-state index is 0.208. The van der Waals surface area contributed by atoms with Crippen molar-refractivity contribution < 1.29 is 5.11 Å². The van der Waals surface area contributed by atoms with Crippen LogP contribution >= 0.6 is 0 Å². The van der Waals surface area contributed by atoms with E-state index in [-0.39, 0.29) is 5.41 Å². The molecule has 1 aliphatic rings. The van der Waals surface area contributed by atoms with Crippen LogP contribution in [0.2, 0.25) is 0 Å². The monoisotopic (exact) mass is 247 g/mol. The van der Waals surface area contributed by atoms with Gasteiger partial charge in [0.15, 0.2) is 0 Å². The second-order valence-corrected chi connectivity index (χ2v) is 6.62. The zero-order valence-electron chi connectivity index (χ0n) is 11.8. The maximum atomic E-state index is 10.7. The van der Waals surface area contributed by atoms with Gasteiger partial charge in [-0.2, -0.15) is 0 Å². The maximum absolute atomic E-state index is 10.7. The Morgan fingerprint density at radius 2 is 1.83 bits per heavy atom. The van der Waals surface area contributed by atoms with Crippen molar-refractivity contribution in [1.29, 1.82) is 0 Å². The first-order valence-electron chi connectivity index (χ1n) is 6.89. The van der Waals surface area contributed by atoms with Gasteiger partial charge in [0.1, 0.15) is 0 Å². The second-order valence-electron chi connectivity index (χ2n) is 6.62. The van der Waals surface area contributed by atoms with Crippen molar-refractivity contribution in [1.82, 2.24) is 0 Å². The summed E-state index contributed by atoms with van der Waals surface area (Å²) in [5, 5.41) is 10.7. The molecule has 0 spiro atoms. The number of fused-ring (bicyclic) bond motifs is 1. The molecular formula is C16H25NO. The van der Waals surface area contributed by atoms with Crippen molar-refractivity contribution in [2.45, 2.75) is 52.1 Å². The molecule has 100 valence electrons. The molecule has 1 aromatic carbocycles. The van der Waals surface area contributed by atoms with Gasteiger partial charge in [0.2, 0.25) is 0 Å². The van der Waals surface area contributed by atoms with Gasteiger partial charge in [0.05, 0.1) is 5.60 Å². The molecule has 0 heterocycles. The van der Waals surface area contributed by atoms with Crippen LogP contribution in [0.25, 0.3) is 0 Å². The van der Waals surface area contributed by atoms with E-state index in [1.54, 1.807) is 0 Å². The molecule has 18 heavy (non-hydrogen) atoms. The van der Waals surface area contributed by atoms with Gasteiger partial charge in [0.25, 0.3) is 0 Å². The van der Waals surface area contributed by atoms with E-state index in [9.17, 15) is 5.11 Å². The molecular weight excluding hydrogens is 222 g/mol. The zero-order chi connectivity index (χ0) is 13.4. The Kier molecular flexibility index (Phi) is 3.52. The average Bonchev–Trinajstić information content (AvgIpc) is 2.74. The Morgan fingerprint density at radius 1 is 1.17 bits per heavy atom. The summed E-state index contributed by atoms with van der Waals surface area (Å²) >= 11 is 0. The summed E-state index contributed by atoms with van der Waals surface area (Å²) in [5.74, 6) is 0. The average molecular weight is 247 g/mol. The van der Waals surface area contributed by atoms with E-state index in [4.69, 9.17) is 5.73 Å². The van der Waals surface area contributed by atoms with Gasteiger partial charge in [-0.25, -0.2) is 0 Å². The summed E-state index contributed by atoms with van der Waals surface area (Å²) in [7, 11) is 0. The van der Waals surface area contributed by atoms with E-state index in [0.717, 1.165) is 0 Å². The standard InChI is InChI=1S/C16H25NO/c1-15(2,3)16(18,11-17)10-12-7-8-13-5-4-6-14(13)9-12/h7-9,18H,4-6,10-11,17H2,1-3H3. The summed E-state index contributed by atoms with van der Waals surface area (Å²) < 4.78 is 0. The third kappa shape index (κ3) is 2.45. The van der Waals surface area contributed by atoms with Gasteiger partial charge >= 0.3 is 0 Å². The molecule has 0 radical (unpaired) electrons. The van der Waals surface area contributed by atoms with Crippen LogP contribution < -0.4 is 5.73 Å². The molecule has 3 N–H and O–H groups in total. The van der Waals surface area contributed by atoms with Crippen molar-refractivity contribution in [2.75, 3.05) is 6.54 Å². The predicted octanol–water partition coefficient (Wildman–Crippen LogP) is 2.45. The Hall–Kier alpha value is -0.860. The molecule has 0 saturated heterocycles. The van der Waals surface area contributed by atoms with E-state index < -0.39 is 5.60 Å². The number of aliphatic hydroxyl groups is 1. The molecule has 0 bridgehead atoms. The fourth-order valence-electron chi connectivity index (χ4n) is 2.72. The molecule has 2 rings (SSSR count). The summed E-state index contributed by atoms with van der Waals surface area (Å²) in [6, 6.07) is 6.63. The maximum Gasteiger partial charge on any atom is 0.0857 e. The number of nitrogens with two attached hydrogens (primary N) is 1. The van der Waals surface area contributed by atoms with Crippen LogP contribution in [0.5, 0.6) is 0 Å². The first-order chi connectivity index (χ1) is 8.36. The third-order valence-corrected chi connectivity index (χ3v) is 4.39. The van der Waals surface area contributed by atoms with Gasteiger partial charge < -0.3 is 10.8 Å². The van der Waals surface area contributed by atoms with Crippen molar-refractivity contribution in [3.63, 3.8) is 0 Å². The molecule has 0 fully saturated rings. The Morgan fingerprint density at radius 3 is 2.44 bits per heavy atom. The zero-order valence-corrected chi connectivity index (χ0v) is 11.8. The van der Waals surface area contributed by atoms with Crippen LogP contribution in [0.3, 0.4) is 0 Å². The molecule has 1 aliphatic carbocycles. The lowest BCUT2D eigenvalue weighted by Gasteiger charge is -2.39. The summed E-state index contributed by atoms with van der Waals surface area (Å²) in [4.78, 5) is 0. The van der Waals surface area contributed by atoms with Crippen LogP contribution in [0.4, 0.5) is 0 Å². The van der Waals surface area contributed by atoms with Crippen molar-refractivity contribution in [2.24, 2.45) is 11.1 Å². The highest BCUT2D eigenvalue weighted by atomic mass is 16.3. The van der Waals surface area contributed by atoms with Gasteiger partial charge in [-0.15, -0.1) is 0 Å². The predicted molar refractivity (Wildman–Crippen MR) is 75.6 cm³/mol. The lowest BCUT2D eigenvalue weighted by Crippen LogP contribution is -2.50. The first-order valence-corrected chi connectivity index (χ1v) is 6.89. The molecule has 2 nitrogen and oxygen atoms in total. The highest BCUT2D eigenvalue weighted by molar-refractivity contribution is 5.36. The molecule has 0 aromatic heterocycles. The molecule has 2 heteroatoms. The molecule has 0 saturated carbocycles. The number of benzene rings is 1. The fourth-order valence-corrected chi connectivity index (χ4v) is 2.72. The summed E-state index contributed by atoms with van der Waals surface area (Å²) in [6.45, 7) is 6.45. The lowest BCUT2D eigenvalue weighted by molar-refractivity contribution is -0.0490. The minimum atomic E-state index is -0.833. The highest BCUT2D eigenvalue weighted by Crippen LogP contribution is 2.33. The van der Waals surface area contributed by atoms with Gasteiger partial charge in [-0.1, -0.05) is 39.0 Å². The lowest BCUT2D eigenvalue weighted by atomic mass is 9.73. The van der Waals surface area contributed by atoms with Gasteiger partial charge in [-0.05, 0) is 41.4 Å². The van der Waals surface area contributed by atoms with Crippen molar-refractivity contribution in [3.05, 3.63) is 34.9 Å². The van der Waals surface area contributed by atoms with Crippen LogP contribution in [0, 0.1) is 5.41 Å². The van der Waals surface area contributed by atoms with Gasteiger partial charge in [-0.3, -0.25) is 0 Å². The molecule has 0 amide bonds. The summed E-state index contributed by atoms with van der Waals surface area (Å²) in [5.41, 5.74) is 8.91. The van der Waals surface area contributed by atoms with E-state index in [0.29, 0.717) is 13.0 Å². The second kappa shape index (κ2) is 4.67. The third-order valence-electron chi connectivity index (χ3n) is 4.39. The van der Waals surface area contributed by atoms with Crippen LogP contribution in [0.1, 0.15) is 43.9 Å². The number of rotatable bonds is 3. The van der Waals surface area contributed by atoms with E-state index in [1.807, 2.05) is 20.8 Å². The van der Waals surface area contributed by atoms with Gasteiger partial charge in [0, 0.05) is 13.0 Å². The number of hydrogen-bond acceptors (Lipinski definition) is 2. The number of aryl methyl sites for hydroxylation is 2. The quantitative estimate of drug-likeness (QED) is 0.862. The van der Waals surface area contributed by atoms with E-state index >= 15 is 0 Å². The summed E-state index contributed by atoms with van der Waals surface area (Å²) in [6.07, 6.45) is 4.29. The SMILES string of the molecule is CC(C)(C)C(O)(CN)Cc1ccc2c(c1)CCC2. The Bertz CT molecular complexity index is 433. The topological polar surface area (TPSA) is 46.2 Å². The normalized spacial score (nSPS) is 18.5. The highest BCUT2D eigenvalue weighted by Gasteiger charge is 2.38. The Balaban J connectivity index is 2.23. The molecule has 1 aromatic rings. The van der Waals surface area contributed by atoms with Crippen LogP contribution in [-0.2, 0) is 19.3 Å². The smallest absolute Gasteiger partial charge is 0.0857 e. The first kappa shape index (κ1) is 13.6. The minimum Gasteiger partial charge on any atom is -0.388 e. The van der Waals surface area contributed by atoms with Crippen molar-refractivity contribution in [3.8, 4) is 0 Å². The largest absolute Gasteiger partial charge is 0.388 e. The van der Waals surface area contributed by atoms with E-state index in [1.165, 1.54) is 36.0 Å².